The zero-order valence-corrected chi connectivity index (χ0v) is 16.1. The molecule has 134 valence electrons. The molecule has 3 nitrogen and oxygen atoms in total. The molecule has 5 heteroatoms. The van der Waals surface area contributed by atoms with Crippen molar-refractivity contribution < 1.29 is 4.79 Å². The first-order valence-electron chi connectivity index (χ1n) is 9.06. The summed E-state index contributed by atoms with van der Waals surface area (Å²) in [4.78, 5) is 17.1. The molecule has 0 bridgehead atoms. The highest BCUT2D eigenvalue weighted by atomic mass is 35.5. The zero-order chi connectivity index (χ0) is 18.0. The van der Waals surface area contributed by atoms with Crippen LogP contribution in [-0.2, 0) is 16.8 Å². The topological polar surface area (TPSA) is 42.0 Å². The number of carbonyl (C=O) groups is 1. The number of aromatic nitrogens is 1. The molecule has 1 saturated carbocycles. The summed E-state index contributed by atoms with van der Waals surface area (Å²) < 4.78 is 1.21. The maximum Gasteiger partial charge on any atom is 0.220 e. The first kappa shape index (κ1) is 17.5. The smallest absolute Gasteiger partial charge is 0.220 e. The van der Waals surface area contributed by atoms with E-state index in [1.807, 2.05) is 42.5 Å². The van der Waals surface area contributed by atoms with Crippen LogP contribution in [0.25, 0.3) is 10.2 Å². The number of nitrogens with zero attached hydrogens (tertiary/aromatic N) is 1. The molecule has 0 radical (unpaired) electrons. The lowest BCUT2D eigenvalue weighted by Gasteiger charge is -2.43. The number of fused-ring (bicyclic) bond motifs is 1. The summed E-state index contributed by atoms with van der Waals surface area (Å²) >= 11 is 7.71. The first-order chi connectivity index (χ1) is 12.6. The Morgan fingerprint density at radius 2 is 1.92 bits per heavy atom. The van der Waals surface area contributed by atoms with Gasteiger partial charge in [-0.3, -0.25) is 4.79 Å². The quantitative estimate of drug-likeness (QED) is 0.612. The Morgan fingerprint density at radius 3 is 2.62 bits per heavy atom. The summed E-state index contributed by atoms with van der Waals surface area (Å²) in [5.74, 6) is 0.126. The molecule has 0 spiro atoms. The summed E-state index contributed by atoms with van der Waals surface area (Å²) in [6.45, 7) is 0. The van der Waals surface area contributed by atoms with E-state index in [0.29, 0.717) is 6.42 Å². The fraction of sp³-hybridized carbons (Fsp3) is 0.333. The summed E-state index contributed by atoms with van der Waals surface area (Å²) in [5, 5.41) is 5.11. The van der Waals surface area contributed by atoms with Crippen LogP contribution in [0.2, 0.25) is 5.02 Å². The van der Waals surface area contributed by atoms with Gasteiger partial charge in [0.05, 0.1) is 20.8 Å². The number of benzene rings is 2. The van der Waals surface area contributed by atoms with Crippen LogP contribution in [0.1, 0.15) is 42.7 Å². The van der Waals surface area contributed by atoms with Gasteiger partial charge in [-0.1, -0.05) is 35.9 Å². The minimum atomic E-state index is -0.197. The van der Waals surface area contributed by atoms with Crippen molar-refractivity contribution in [2.45, 2.75) is 44.1 Å². The van der Waals surface area contributed by atoms with Crippen molar-refractivity contribution in [3.05, 3.63) is 64.1 Å². The summed E-state index contributed by atoms with van der Waals surface area (Å²) in [6, 6.07) is 16.0. The number of nitrogens with one attached hydrogen (secondary N) is 1. The van der Waals surface area contributed by atoms with Gasteiger partial charge >= 0.3 is 0 Å². The number of aryl methyl sites for hydroxylation is 1. The fourth-order valence-corrected chi connectivity index (χ4v) is 4.68. The molecule has 1 amide bonds. The van der Waals surface area contributed by atoms with Crippen molar-refractivity contribution in [3.63, 3.8) is 0 Å². The lowest BCUT2D eigenvalue weighted by Crippen LogP contribution is -2.50. The summed E-state index contributed by atoms with van der Waals surface area (Å²) in [7, 11) is 0. The van der Waals surface area contributed by atoms with Gasteiger partial charge in [-0.15, -0.1) is 11.3 Å². The normalized spacial score (nSPS) is 15.6. The van der Waals surface area contributed by atoms with E-state index in [1.165, 1.54) is 4.70 Å². The molecule has 0 saturated heterocycles. The van der Waals surface area contributed by atoms with Gasteiger partial charge < -0.3 is 5.32 Å². The number of hydrogen-bond donors (Lipinski definition) is 1. The van der Waals surface area contributed by atoms with E-state index >= 15 is 0 Å². The van der Waals surface area contributed by atoms with Crippen LogP contribution >= 0.6 is 22.9 Å². The van der Waals surface area contributed by atoms with E-state index in [-0.39, 0.29) is 11.4 Å². The lowest BCUT2D eigenvalue weighted by molar-refractivity contribution is -0.124. The fourth-order valence-electron chi connectivity index (χ4n) is 3.54. The van der Waals surface area contributed by atoms with Gasteiger partial charge in [-0.25, -0.2) is 4.98 Å². The van der Waals surface area contributed by atoms with Crippen molar-refractivity contribution in [3.8, 4) is 0 Å². The van der Waals surface area contributed by atoms with Gasteiger partial charge in [0.15, 0.2) is 0 Å². The molecule has 2 aromatic carbocycles. The Balaban J connectivity index is 1.33. The van der Waals surface area contributed by atoms with Crippen molar-refractivity contribution >= 4 is 39.1 Å². The van der Waals surface area contributed by atoms with E-state index in [0.717, 1.165) is 53.2 Å². The van der Waals surface area contributed by atoms with Crippen LogP contribution in [0, 0.1) is 0 Å². The highest BCUT2D eigenvalue weighted by molar-refractivity contribution is 7.18. The second-order valence-corrected chi connectivity index (χ2v) is 8.47. The van der Waals surface area contributed by atoms with Crippen LogP contribution in [-0.4, -0.2) is 10.9 Å². The van der Waals surface area contributed by atoms with Crippen LogP contribution in [0.4, 0.5) is 0 Å². The van der Waals surface area contributed by atoms with Crippen molar-refractivity contribution in [2.75, 3.05) is 0 Å². The van der Waals surface area contributed by atoms with Gasteiger partial charge in [-0.2, -0.15) is 0 Å². The third kappa shape index (κ3) is 3.62. The van der Waals surface area contributed by atoms with Crippen molar-refractivity contribution in [2.24, 2.45) is 0 Å². The van der Waals surface area contributed by atoms with Crippen molar-refractivity contribution in [1.29, 1.82) is 0 Å². The van der Waals surface area contributed by atoms with Gasteiger partial charge in [0, 0.05) is 11.4 Å². The van der Waals surface area contributed by atoms with E-state index in [1.54, 1.807) is 11.3 Å². The molecule has 26 heavy (non-hydrogen) atoms. The average Bonchev–Trinajstić information content (AvgIpc) is 3.02. The molecule has 0 atom stereocenters. The number of hydrogen-bond acceptors (Lipinski definition) is 3. The Labute approximate surface area is 162 Å². The lowest BCUT2D eigenvalue weighted by atomic mass is 9.71. The maximum absolute atomic E-state index is 12.5. The minimum absolute atomic E-state index is 0.126. The number of rotatable bonds is 6. The van der Waals surface area contributed by atoms with Crippen LogP contribution in [0.5, 0.6) is 0 Å². The van der Waals surface area contributed by atoms with E-state index < -0.39 is 0 Å². The highest BCUT2D eigenvalue weighted by Crippen LogP contribution is 2.41. The third-order valence-electron chi connectivity index (χ3n) is 5.12. The second-order valence-electron chi connectivity index (χ2n) is 6.92. The van der Waals surface area contributed by atoms with Gasteiger partial charge in [0.25, 0.3) is 0 Å². The third-order valence-corrected chi connectivity index (χ3v) is 6.46. The predicted molar refractivity (Wildman–Crippen MR) is 108 cm³/mol. The molecule has 1 aromatic heterocycles. The molecule has 1 fully saturated rings. The monoisotopic (exact) mass is 384 g/mol. The Kier molecular flexibility index (Phi) is 4.96. The van der Waals surface area contributed by atoms with Gasteiger partial charge in [-0.05, 0) is 61.9 Å². The van der Waals surface area contributed by atoms with Crippen LogP contribution in [0.3, 0.4) is 0 Å². The Morgan fingerprint density at radius 1 is 1.15 bits per heavy atom. The van der Waals surface area contributed by atoms with Crippen LogP contribution in [0.15, 0.2) is 48.5 Å². The molecular formula is C21H21ClN2OS. The molecule has 4 rings (SSSR count). The van der Waals surface area contributed by atoms with Gasteiger partial charge in [0.1, 0.15) is 0 Å². The summed E-state index contributed by atoms with van der Waals surface area (Å²) in [5.41, 5.74) is 2.01. The SMILES string of the molecule is O=C(CCCc1nc2ccccc2s1)NC1(c2ccc(Cl)cc2)CCC1. The van der Waals surface area contributed by atoms with E-state index in [4.69, 9.17) is 11.6 Å². The number of carbonyl (C=O) groups excluding carboxylic acids is 1. The van der Waals surface area contributed by atoms with Crippen LogP contribution < -0.4 is 5.32 Å². The van der Waals surface area contributed by atoms with Crippen molar-refractivity contribution in [1.82, 2.24) is 10.3 Å². The molecule has 3 aromatic rings. The zero-order valence-electron chi connectivity index (χ0n) is 14.5. The number of thiazole rings is 1. The second kappa shape index (κ2) is 7.37. The number of halogens is 1. The molecule has 1 aliphatic rings. The standard InChI is InChI=1S/C21H21ClN2OS/c22-16-11-9-15(10-12-16)21(13-4-14-21)24-19(25)7-3-8-20-23-17-5-1-2-6-18(17)26-20/h1-2,5-6,9-12H,3-4,7-8,13-14H2,(H,24,25). The highest BCUT2D eigenvalue weighted by Gasteiger charge is 2.39. The Hall–Kier alpha value is -1.91. The minimum Gasteiger partial charge on any atom is -0.347 e. The first-order valence-corrected chi connectivity index (χ1v) is 10.3. The molecule has 0 unspecified atom stereocenters. The largest absolute Gasteiger partial charge is 0.347 e. The molecular weight excluding hydrogens is 364 g/mol. The molecule has 1 N–H and O–H groups in total. The summed E-state index contributed by atoms with van der Waals surface area (Å²) in [6.07, 6.45) is 5.35. The average molecular weight is 385 g/mol. The molecule has 0 aliphatic heterocycles. The molecule has 1 aliphatic carbocycles. The predicted octanol–water partition coefficient (Wildman–Crippen LogP) is 5.47. The number of amides is 1. The Bertz CT molecular complexity index is 882. The van der Waals surface area contributed by atoms with E-state index in [2.05, 4.69) is 16.4 Å². The number of para-hydroxylation sites is 1. The van der Waals surface area contributed by atoms with Gasteiger partial charge in [0.2, 0.25) is 5.91 Å². The molecule has 1 heterocycles. The van der Waals surface area contributed by atoms with E-state index in [9.17, 15) is 4.79 Å². The maximum atomic E-state index is 12.5.